The monoisotopic (exact) mass is 383 g/mol. The highest BCUT2D eigenvalue weighted by atomic mass is 16.5. The third kappa shape index (κ3) is 2.20. The molecule has 7 nitrogen and oxygen atoms in total. The second-order valence-electron chi connectivity index (χ2n) is 8.65. The number of rotatable bonds is 3. The molecule has 4 aliphatic heterocycles. The summed E-state index contributed by atoms with van der Waals surface area (Å²) in [6, 6.07) is 7.20. The van der Waals surface area contributed by atoms with E-state index in [1.807, 2.05) is 38.1 Å². The van der Waals surface area contributed by atoms with Gasteiger partial charge >= 0.3 is 0 Å². The lowest BCUT2D eigenvalue weighted by molar-refractivity contribution is -0.144. The van der Waals surface area contributed by atoms with Crippen LogP contribution in [0.25, 0.3) is 0 Å². The molecule has 3 fully saturated rings. The van der Waals surface area contributed by atoms with Gasteiger partial charge in [0, 0.05) is 23.9 Å². The summed E-state index contributed by atoms with van der Waals surface area (Å²) in [6.07, 6.45) is 1.70. The smallest absolute Gasteiger partial charge is 0.250 e. The maximum atomic E-state index is 13.5. The summed E-state index contributed by atoms with van der Waals surface area (Å²) in [7, 11) is 0. The molecule has 0 radical (unpaired) electrons. The first kappa shape index (κ1) is 17.8. The van der Waals surface area contributed by atoms with Crippen LogP contribution < -0.4 is 10.6 Å². The van der Waals surface area contributed by atoms with Crippen molar-refractivity contribution in [2.45, 2.75) is 44.4 Å². The van der Waals surface area contributed by atoms with Crippen LogP contribution in [0.4, 0.5) is 5.69 Å². The molecule has 2 N–H and O–H groups in total. The minimum atomic E-state index is -1.19. The van der Waals surface area contributed by atoms with Crippen molar-refractivity contribution in [3.63, 3.8) is 0 Å². The Morgan fingerprint density at radius 2 is 2.00 bits per heavy atom. The number of benzene rings is 1. The van der Waals surface area contributed by atoms with Crippen LogP contribution in [-0.4, -0.2) is 47.9 Å². The molecule has 5 atom stereocenters. The second-order valence-corrected chi connectivity index (χ2v) is 8.65. The van der Waals surface area contributed by atoms with Crippen LogP contribution in [0.1, 0.15) is 32.3 Å². The van der Waals surface area contributed by atoms with E-state index in [9.17, 15) is 14.4 Å². The molecule has 28 heavy (non-hydrogen) atoms. The Morgan fingerprint density at radius 3 is 2.71 bits per heavy atom. The number of carbonyl (C=O) groups excluding carboxylic acids is 3. The number of nitrogens with one attached hydrogen (secondary N) is 2. The van der Waals surface area contributed by atoms with Crippen molar-refractivity contribution in [3.05, 3.63) is 29.8 Å². The number of likely N-dealkylation sites (tertiary alicyclic amines) is 1. The van der Waals surface area contributed by atoms with Gasteiger partial charge in [-0.15, -0.1) is 0 Å². The van der Waals surface area contributed by atoms with E-state index in [4.69, 9.17) is 4.74 Å². The van der Waals surface area contributed by atoms with Crippen molar-refractivity contribution in [1.82, 2.24) is 10.2 Å². The summed E-state index contributed by atoms with van der Waals surface area (Å²) >= 11 is 0. The van der Waals surface area contributed by atoms with Crippen LogP contribution in [0.5, 0.6) is 0 Å². The maximum absolute atomic E-state index is 13.5. The lowest BCUT2D eigenvalue weighted by atomic mass is 9.76. The zero-order chi connectivity index (χ0) is 19.6. The molecule has 0 aromatic heterocycles. The van der Waals surface area contributed by atoms with E-state index in [-0.39, 0.29) is 42.3 Å². The molecule has 1 spiro atoms. The van der Waals surface area contributed by atoms with Crippen molar-refractivity contribution in [3.8, 4) is 0 Å². The van der Waals surface area contributed by atoms with E-state index in [2.05, 4.69) is 10.6 Å². The molecular formula is C21H25N3O4. The maximum Gasteiger partial charge on any atom is 0.250 e. The van der Waals surface area contributed by atoms with E-state index in [0.29, 0.717) is 12.3 Å². The van der Waals surface area contributed by atoms with E-state index < -0.39 is 17.4 Å². The summed E-state index contributed by atoms with van der Waals surface area (Å²) in [4.78, 5) is 41.4. The molecular weight excluding hydrogens is 358 g/mol. The summed E-state index contributed by atoms with van der Waals surface area (Å²) in [6.45, 7) is 5.00. The average molecular weight is 383 g/mol. The van der Waals surface area contributed by atoms with Gasteiger partial charge in [0.2, 0.25) is 17.7 Å². The van der Waals surface area contributed by atoms with E-state index in [0.717, 1.165) is 18.4 Å². The van der Waals surface area contributed by atoms with Gasteiger partial charge in [-0.05, 0) is 24.8 Å². The highest BCUT2D eigenvalue weighted by Crippen LogP contribution is 2.53. The van der Waals surface area contributed by atoms with Crippen LogP contribution in [0.15, 0.2) is 24.3 Å². The molecule has 148 valence electrons. The molecule has 3 saturated heterocycles. The first-order chi connectivity index (χ1) is 13.4. The number of hydrogen-bond acceptors (Lipinski definition) is 5. The zero-order valence-corrected chi connectivity index (χ0v) is 16.1. The first-order valence-electron chi connectivity index (χ1n) is 10.1. The Hall–Kier alpha value is -2.25. The minimum Gasteiger partial charge on any atom is -0.376 e. The van der Waals surface area contributed by atoms with Gasteiger partial charge in [-0.1, -0.05) is 32.0 Å². The van der Waals surface area contributed by atoms with E-state index >= 15 is 0 Å². The molecule has 1 aromatic carbocycles. The highest BCUT2D eigenvalue weighted by molar-refractivity contribution is 6.15. The highest BCUT2D eigenvalue weighted by Gasteiger charge is 2.70. The lowest BCUT2D eigenvalue weighted by Gasteiger charge is -2.30. The summed E-state index contributed by atoms with van der Waals surface area (Å²) < 4.78 is 5.66. The number of hydrogen-bond donors (Lipinski definition) is 2. The van der Waals surface area contributed by atoms with Gasteiger partial charge in [0.25, 0.3) is 0 Å². The topological polar surface area (TPSA) is 87.7 Å². The minimum absolute atomic E-state index is 0.0992. The Balaban J connectivity index is 1.59. The number of anilines is 1. The van der Waals surface area contributed by atoms with Gasteiger partial charge in [0.1, 0.15) is 5.54 Å². The molecule has 0 unspecified atom stereocenters. The summed E-state index contributed by atoms with van der Waals surface area (Å²) in [5.41, 5.74) is 0.285. The Labute approximate surface area is 163 Å². The second kappa shape index (κ2) is 6.12. The van der Waals surface area contributed by atoms with Gasteiger partial charge in [-0.2, -0.15) is 0 Å². The molecule has 0 saturated carbocycles. The molecule has 5 rings (SSSR count). The molecule has 7 heteroatoms. The first-order valence-corrected chi connectivity index (χ1v) is 10.1. The molecule has 3 amide bonds. The molecule has 0 aliphatic carbocycles. The summed E-state index contributed by atoms with van der Waals surface area (Å²) in [5.74, 6) is -1.83. The molecule has 4 aliphatic rings. The number of fused-ring (bicyclic) bond motifs is 4. The predicted molar refractivity (Wildman–Crippen MR) is 101 cm³/mol. The lowest BCUT2D eigenvalue weighted by Crippen LogP contribution is -2.54. The molecule has 1 aromatic rings. The van der Waals surface area contributed by atoms with Crippen LogP contribution in [-0.2, 0) is 24.7 Å². The fraction of sp³-hybridized carbons (Fsp3) is 0.571. The Bertz CT molecular complexity index is 863. The van der Waals surface area contributed by atoms with Crippen LogP contribution >= 0.6 is 0 Å². The number of amides is 3. The summed E-state index contributed by atoms with van der Waals surface area (Å²) in [5, 5.41) is 6.35. The SMILES string of the molecule is CC(C)[C@H]1N[C@@]2(C(=O)Nc3ccccc32)[C@H]2C(=O)N(C[C@H]3CCCO3)C(=O)[C@H]12. The zero-order valence-electron chi connectivity index (χ0n) is 16.1. The van der Waals surface area contributed by atoms with Crippen LogP contribution in [0, 0.1) is 17.8 Å². The van der Waals surface area contributed by atoms with Gasteiger partial charge in [0.05, 0.1) is 24.5 Å². The normalized spacial score (nSPS) is 36.5. The third-order valence-corrected chi connectivity index (χ3v) is 6.78. The Kier molecular flexibility index (Phi) is 3.90. The van der Waals surface area contributed by atoms with Crippen LogP contribution in [0.3, 0.4) is 0 Å². The van der Waals surface area contributed by atoms with Crippen molar-refractivity contribution in [2.24, 2.45) is 17.8 Å². The largest absolute Gasteiger partial charge is 0.376 e. The van der Waals surface area contributed by atoms with E-state index in [1.165, 1.54) is 4.90 Å². The number of carbonyl (C=O) groups is 3. The van der Waals surface area contributed by atoms with Crippen molar-refractivity contribution < 1.29 is 19.1 Å². The van der Waals surface area contributed by atoms with E-state index in [1.54, 1.807) is 0 Å². The molecule has 0 bridgehead atoms. The van der Waals surface area contributed by atoms with Crippen molar-refractivity contribution in [2.75, 3.05) is 18.5 Å². The standard InChI is InChI=1S/C21H25N3O4/c1-11(2)17-15-16(19(26)24(18(15)25)10-12-6-5-9-28-12)21(23-17)13-7-3-4-8-14(13)22-20(21)27/h3-4,7-8,11-12,15-17,23H,5-6,9-10H2,1-2H3,(H,22,27)/t12-,15+,16-,17-,21-/m1/s1. The van der Waals surface area contributed by atoms with Gasteiger partial charge < -0.3 is 10.1 Å². The number of ether oxygens (including phenoxy) is 1. The number of imide groups is 1. The fourth-order valence-electron chi connectivity index (χ4n) is 5.50. The predicted octanol–water partition coefficient (Wildman–Crippen LogP) is 1.24. The Morgan fingerprint density at radius 1 is 1.21 bits per heavy atom. The van der Waals surface area contributed by atoms with Crippen molar-refractivity contribution in [1.29, 1.82) is 0 Å². The number of para-hydroxylation sites is 1. The third-order valence-electron chi connectivity index (χ3n) is 6.78. The fourth-order valence-corrected chi connectivity index (χ4v) is 5.50. The van der Waals surface area contributed by atoms with Crippen molar-refractivity contribution >= 4 is 23.4 Å². The average Bonchev–Trinajstić information content (AvgIpc) is 3.41. The van der Waals surface area contributed by atoms with Gasteiger partial charge in [-0.3, -0.25) is 24.6 Å². The number of nitrogens with zero attached hydrogens (tertiary/aromatic N) is 1. The van der Waals surface area contributed by atoms with Crippen LogP contribution in [0.2, 0.25) is 0 Å². The quantitative estimate of drug-likeness (QED) is 0.767. The molecule has 4 heterocycles. The van der Waals surface area contributed by atoms with Gasteiger partial charge in [0.15, 0.2) is 0 Å². The van der Waals surface area contributed by atoms with Gasteiger partial charge in [-0.25, -0.2) is 0 Å².